The molecule has 1 aromatic carbocycles. The maximum atomic E-state index is 12.1. The Balaban J connectivity index is 2.01. The first kappa shape index (κ1) is 17.7. The number of aromatic carboxylic acids is 1. The van der Waals surface area contributed by atoms with Gasteiger partial charge in [-0.1, -0.05) is 0 Å². The zero-order chi connectivity index (χ0) is 17.7. The van der Waals surface area contributed by atoms with Gasteiger partial charge in [-0.15, -0.1) is 11.3 Å². The quantitative estimate of drug-likeness (QED) is 0.620. The fraction of sp³-hybridized carbons (Fsp3) is 0.235. The fourth-order valence-corrected chi connectivity index (χ4v) is 2.65. The smallest absolute Gasteiger partial charge is 0.345 e. The van der Waals surface area contributed by atoms with Crippen LogP contribution >= 0.6 is 11.3 Å². The number of hydrogen-bond acceptors (Lipinski definition) is 5. The Morgan fingerprint density at radius 2 is 1.75 bits per heavy atom. The predicted molar refractivity (Wildman–Crippen MR) is 93.2 cm³/mol. The third-order valence-electron chi connectivity index (χ3n) is 2.99. The van der Waals surface area contributed by atoms with E-state index in [-0.39, 0.29) is 16.9 Å². The molecule has 2 rings (SSSR count). The van der Waals surface area contributed by atoms with E-state index in [1.54, 1.807) is 37.3 Å². The molecule has 0 radical (unpaired) electrons. The average molecular weight is 346 g/mol. The van der Waals surface area contributed by atoms with E-state index in [4.69, 9.17) is 9.84 Å². The summed E-state index contributed by atoms with van der Waals surface area (Å²) in [5.74, 6) is -0.631. The number of rotatable bonds is 6. The largest absolute Gasteiger partial charge is 0.491 e. The summed E-state index contributed by atoms with van der Waals surface area (Å²) in [6.45, 7) is 5.56. The fourth-order valence-electron chi connectivity index (χ4n) is 1.86. The van der Waals surface area contributed by atoms with Crippen LogP contribution in [0.3, 0.4) is 0 Å². The van der Waals surface area contributed by atoms with E-state index < -0.39 is 5.97 Å². The van der Waals surface area contributed by atoms with E-state index in [2.05, 4.69) is 10.5 Å². The molecule has 0 bridgehead atoms. The molecular formula is C17H18N2O4S. The van der Waals surface area contributed by atoms with E-state index in [0.717, 1.165) is 11.3 Å². The molecule has 0 atom stereocenters. The van der Waals surface area contributed by atoms with Gasteiger partial charge in [0.15, 0.2) is 0 Å². The number of hydrogen-bond donors (Lipinski definition) is 2. The minimum atomic E-state index is -0.980. The monoisotopic (exact) mass is 346 g/mol. The van der Waals surface area contributed by atoms with E-state index >= 15 is 0 Å². The Morgan fingerprint density at radius 1 is 1.12 bits per heavy atom. The maximum Gasteiger partial charge on any atom is 0.345 e. The lowest BCUT2D eigenvalue weighted by Gasteiger charge is -2.09. The molecule has 7 heteroatoms. The van der Waals surface area contributed by atoms with Crippen LogP contribution in [0.5, 0.6) is 5.75 Å². The standard InChI is InChI=1S/C17H18N2O4S/c1-10(2)23-13-6-4-12(5-7-13)16(20)19-18-11(3)14-8-9-15(24-14)17(21)22/h4-10H,1-3H3,(H,19,20)(H,21,22)/b18-11-. The van der Waals surface area contributed by atoms with Crippen LogP contribution in [-0.2, 0) is 0 Å². The molecule has 1 aromatic heterocycles. The second kappa shape index (κ2) is 7.74. The summed E-state index contributed by atoms with van der Waals surface area (Å²) in [4.78, 5) is 23.9. The van der Waals surface area contributed by atoms with Gasteiger partial charge in [-0.25, -0.2) is 10.2 Å². The van der Waals surface area contributed by atoms with Crippen molar-refractivity contribution in [1.82, 2.24) is 5.43 Å². The summed E-state index contributed by atoms with van der Waals surface area (Å²) >= 11 is 1.11. The number of carbonyl (C=O) groups excluding carboxylic acids is 1. The summed E-state index contributed by atoms with van der Waals surface area (Å²) in [6, 6.07) is 9.94. The van der Waals surface area contributed by atoms with Gasteiger partial charge in [0, 0.05) is 5.56 Å². The van der Waals surface area contributed by atoms with Crippen LogP contribution in [0.1, 0.15) is 45.7 Å². The van der Waals surface area contributed by atoms with Crippen molar-refractivity contribution in [3.05, 3.63) is 51.7 Å². The van der Waals surface area contributed by atoms with Gasteiger partial charge in [0.05, 0.1) is 16.7 Å². The van der Waals surface area contributed by atoms with E-state index in [1.807, 2.05) is 13.8 Å². The lowest BCUT2D eigenvalue weighted by Crippen LogP contribution is -2.19. The number of ether oxygens (including phenoxy) is 1. The molecule has 24 heavy (non-hydrogen) atoms. The highest BCUT2D eigenvalue weighted by atomic mass is 32.1. The highest BCUT2D eigenvalue weighted by Crippen LogP contribution is 2.17. The normalized spacial score (nSPS) is 11.4. The topological polar surface area (TPSA) is 88.0 Å². The Bertz CT molecular complexity index is 763. The molecule has 0 aliphatic rings. The van der Waals surface area contributed by atoms with Crippen LogP contribution in [0.25, 0.3) is 0 Å². The van der Waals surface area contributed by atoms with Crippen LogP contribution in [0.15, 0.2) is 41.5 Å². The maximum absolute atomic E-state index is 12.1. The van der Waals surface area contributed by atoms with Crippen molar-refractivity contribution in [3.8, 4) is 5.75 Å². The Hall–Kier alpha value is -2.67. The molecule has 0 saturated carbocycles. The van der Waals surface area contributed by atoms with E-state index in [1.165, 1.54) is 6.07 Å². The molecule has 0 aliphatic heterocycles. The van der Waals surface area contributed by atoms with Gasteiger partial charge in [0.2, 0.25) is 0 Å². The van der Waals surface area contributed by atoms with Gasteiger partial charge < -0.3 is 9.84 Å². The molecule has 6 nitrogen and oxygen atoms in total. The van der Waals surface area contributed by atoms with Gasteiger partial charge in [-0.2, -0.15) is 5.10 Å². The van der Waals surface area contributed by atoms with Gasteiger partial charge in [-0.05, 0) is 57.2 Å². The van der Waals surface area contributed by atoms with Crippen LogP contribution in [0.2, 0.25) is 0 Å². The molecule has 0 unspecified atom stereocenters. The minimum Gasteiger partial charge on any atom is -0.491 e. The number of carboxylic acids is 1. The SMILES string of the molecule is C/C(=N/NC(=O)c1ccc(OC(C)C)cc1)c1ccc(C(=O)O)s1. The number of carboxylic acid groups (broad SMARTS) is 1. The minimum absolute atomic E-state index is 0.0680. The van der Waals surface area contributed by atoms with E-state index in [0.29, 0.717) is 21.9 Å². The van der Waals surface area contributed by atoms with Crippen molar-refractivity contribution in [1.29, 1.82) is 0 Å². The van der Waals surface area contributed by atoms with Crippen LogP contribution in [0.4, 0.5) is 0 Å². The van der Waals surface area contributed by atoms with Crippen molar-refractivity contribution in [2.45, 2.75) is 26.9 Å². The average Bonchev–Trinajstić information content (AvgIpc) is 3.02. The molecule has 0 spiro atoms. The number of hydrazone groups is 1. The van der Waals surface area contributed by atoms with Crippen molar-refractivity contribution < 1.29 is 19.4 Å². The molecule has 0 fully saturated rings. The molecule has 1 heterocycles. The number of benzene rings is 1. The third-order valence-corrected chi connectivity index (χ3v) is 4.17. The number of nitrogens with one attached hydrogen (secondary N) is 1. The second-order valence-corrected chi connectivity index (χ2v) is 6.38. The predicted octanol–water partition coefficient (Wildman–Crippen LogP) is 3.39. The Kier molecular flexibility index (Phi) is 5.70. The number of nitrogens with zero attached hydrogens (tertiary/aromatic N) is 1. The summed E-state index contributed by atoms with van der Waals surface area (Å²) in [7, 11) is 0. The molecule has 2 aromatic rings. The Labute approximate surface area is 143 Å². The molecule has 1 amide bonds. The number of amides is 1. The molecule has 0 saturated heterocycles. The number of carbonyl (C=O) groups is 2. The Morgan fingerprint density at radius 3 is 2.29 bits per heavy atom. The first-order chi connectivity index (χ1) is 11.4. The van der Waals surface area contributed by atoms with Gasteiger partial charge in [-0.3, -0.25) is 4.79 Å². The van der Waals surface area contributed by atoms with Crippen LogP contribution in [0, 0.1) is 0 Å². The summed E-state index contributed by atoms with van der Waals surface area (Å²) < 4.78 is 5.52. The zero-order valence-electron chi connectivity index (χ0n) is 13.6. The summed E-state index contributed by atoms with van der Waals surface area (Å²) in [6.07, 6.45) is 0.0680. The molecule has 0 aliphatic carbocycles. The summed E-state index contributed by atoms with van der Waals surface area (Å²) in [5, 5.41) is 12.9. The lowest BCUT2D eigenvalue weighted by molar-refractivity contribution is 0.0702. The van der Waals surface area contributed by atoms with E-state index in [9.17, 15) is 9.59 Å². The first-order valence-corrected chi connectivity index (χ1v) is 8.13. The lowest BCUT2D eigenvalue weighted by atomic mass is 10.2. The number of thiophene rings is 1. The molecular weight excluding hydrogens is 328 g/mol. The second-order valence-electron chi connectivity index (χ2n) is 5.30. The first-order valence-electron chi connectivity index (χ1n) is 7.31. The van der Waals surface area contributed by atoms with Crippen molar-refractivity contribution in [2.24, 2.45) is 5.10 Å². The zero-order valence-corrected chi connectivity index (χ0v) is 14.4. The molecule has 2 N–H and O–H groups in total. The van der Waals surface area contributed by atoms with Gasteiger partial charge in [0.1, 0.15) is 10.6 Å². The van der Waals surface area contributed by atoms with Crippen molar-refractivity contribution in [2.75, 3.05) is 0 Å². The molecule has 126 valence electrons. The van der Waals surface area contributed by atoms with Crippen molar-refractivity contribution >= 4 is 28.9 Å². The van der Waals surface area contributed by atoms with Gasteiger partial charge >= 0.3 is 5.97 Å². The highest BCUT2D eigenvalue weighted by molar-refractivity contribution is 7.15. The highest BCUT2D eigenvalue weighted by Gasteiger charge is 2.10. The summed E-state index contributed by atoms with van der Waals surface area (Å²) in [5.41, 5.74) is 3.46. The third kappa shape index (κ3) is 4.66. The van der Waals surface area contributed by atoms with Crippen LogP contribution < -0.4 is 10.2 Å². The van der Waals surface area contributed by atoms with Crippen LogP contribution in [-0.4, -0.2) is 28.8 Å². The van der Waals surface area contributed by atoms with Crippen molar-refractivity contribution in [3.63, 3.8) is 0 Å². The van der Waals surface area contributed by atoms with Gasteiger partial charge in [0.25, 0.3) is 5.91 Å².